The number of carbonyl (C=O) groups is 2. The molecule has 0 aromatic heterocycles. The Morgan fingerprint density at radius 2 is 1.47 bits per heavy atom. The van der Waals surface area contributed by atoms with Gasteiger partial charge in [-0.05, 0) is 54.4 Å². The van der Waals surface area contributed by atoms with Crippen molar-refractivity contribution in [3.63, 3.8) is 0 Å². The molecule has 0 heterocycles. The maximum absolute atomic E-state index is 13.4. The Bertz CT molecular complexity index is 1260. The fraction of sp³-hybridized carbons (Fsp3) is 0.103. The summed E-state index contributed by atoms with van der Waals surface area (Å²) in [5.74, 6) is 0.573. The van der Waals surface area contributed by atoms with Crippen LogP contribution in [0.15, 0.2) is 109 Å². The van der Waals surface area contributed by atoms with Gasteiger partial charge in [0.25, 0.3) is 5.91 Å². The summed E-state index contributed by atoms with van der Waals surface area (Å²) in [6.45, 7) is 1.99. The first-order chi connectivity index (χ1) is 16.6. The molecule has 0 aliphatic heterocycles. The third-order valence-electron chi connectivity index (χ3n) is 5.30. The number of benzene rings is 4. The van der Waals surface area contributed by atoms with Gasteiger partial charge in [-0.2, -0.15) is 0 Å². The maximum Gasteiger partial charge on any atom is 0.251 e. The van der Waals surface area contributed by atoms with E-state index in [4.69, 9.17) is 4.74 Å². The predicted octanol–water partition coefficient (Wildman–Crippen LogP) is 5.77. The molecule has 5 nitrogen and oxygen atoms in total. The molecule has 1 atom stereocenters. The normalized spacial score (nSPS) is 11.3. The van der Waals surface area contributed by atoms with Crippen molar-refractivity contribution in [3.05, 3.63) is 126 Å². The molecule has 0 radical (unpaired) electrons. The van der Waals surface area contributed by atoms with Crippen LogP contribution in [0.1, 0.15) is 21.5 Å². The molecule has 0 aliphatic carbocycles. The van der Waals surface area contributed by atoms with Crippen molar-refractivity contribution < 1.29 is 14.3 Å². The lowest BCUT2D eigenvalue weighted by Crippen LogP contribution is -2.45. The quantitative estimate of drug-likeness (QED) is 0.358. The number of aryl methyl sites for hydroxylation is 1. The second kappa shape index (κ2) is 11.0. The number of hydrogen-bond acceptors (Lipinski definition) is 3. The van der Waals surface area contributed by atoms with Crippen molar-refractivity contribution in [1.29, 1.82) is 0 Å². The van der Waals surface area contributed by atoms with Gasteiger partial charge in [0.2, 0.25) is 5.91 Å². The van der Waals surface area contributed by atoms with Crippen molar-refractivity contribution in [2.75, 3.05) is 5.32 Å². The number of amides is 2. The van der Waals surface area contributed by atoms with Crippen LogP contribution in [0.5, 0.6) is 11.5 Å². The predicted molar refractivity (Wildman–Crippen MR) is 134 cm³/mol. The second-order valence-electron chi connectivity index (χ2n) is 7.99. The molecular weight excluding hydrogens is 424 g/mol. The molecule has 2 amide bonds. The molecule has 34 heavy (non-hydrogen) atoms. The van der Waals surface area contributed by atoms with Crippen molar-refractivity contribution >= 4 is 17.5 Å². The van der Waals surface area contributed by atoms with Gasteiger partial charge < -0.3 is 15.4 Å². The van der Waals surface area contributed by atoms with E-state index in [-0.39, 0.29) is 11.8 Å². The van der Waals surface area contributed by atoms with E-state index in [9.17, 15) is 9.59 Å². The highest BCUT2D eigenvalue weighted by atomic mass is 16.5. The standard InChI is InChI=1S/C29H26N2O3/c1-21-11-10-16-24(19-21)34-27-18-9-8-17-25(27)30-29(33)26(20-22-12-4-2-5-13-22)31-28(32)23-14-6-3-7-15-23/h2-19,26H,20H2,1H3,(H,30,33)(H,31,32). The lowest BCUT2D eigenvalue weighted by atomic mass is 10.0. The van der Waals surface area contributed by atoms with Crippen LogP contribution in [-0.4, -0.2) is 17.9 Å². The summed E-state index contributed by atoms with van der Waals surface area (Å²) in [7, 11) is 0. The highest BCUT2D eigenvalue weighted by Crippen LogP contribution is 2.30. The van der Waals surface area contributed by atoms with E-state index in [1.165, 1.54) is 0 Å². The van der Waals surface area contributed by atoms with Crippen molar-refractivity contribution in [1.82, 2.24) is 5.32 Å². The molecule has 4 aromatic carbocycles. The van der Waals surface area contributed by atoms with E-state index in [2.05, 4.69) is 10.6 Å². The zero-order valence-corrected chi connectivity index (χ0v) is 18.9. The average Bonchev–Trinajstić information content (AvgIpc) is 2.86. The molecule has 0 aliphatic rings. The smallest absolute Gasteiger partial charge is 0.251 e. The topological polar surface area (TPSA) is 67.4 Å². The van der Waals surface area contributed by atoms with Gasteiger partial charge in [-0.15, -0.1) is 0 Å². The summed E-state index contributed by atoms with van der Waals surface area (Å²) >= 11 is 0. The number of rotatable bonds is 8. The van der Waals surface area contributed by atoms with Crippen molar-refractivity contribution in [3.8, 4) is 11.5 Å². The van der Waals surface area contributed by atoms with E-state index in [1.54, 1.807) is 36.4 Å². The van der Waals surface area contributed by atoms with E-state index in [0.29, 0.717) is 29.2 Å². The Balaban J connectivity index is 1.55. The molecule has 0 bridgehead atoms. The largest absolute Gasteiger partial charge is 0.455 e. The van der Waals surface area contributed by atoms with Gasteiger partial charge in [0.15, 0.2) is 5.75 Å². The van der Waals surface area contributed by atoms with Gasteiger partial charge in [0, 0.05) is 12.0 Å². The Labute approximate surface area is 199 Å². The molecule has 0 saturated carbocycles. The molecule has 0 fully saturated rings. The molecule has 2 N–H and O–H groups in total. The number of para-hydroxylation sites is 2. The zero-order valence-electron chi connectivity index (χ0n) is 18.9. The lowest BCUT2D eigenvalue weighted by Gasteiger charge is -2.20. The van der Waals surface area contributed by atoms with Crippen LogP contribution in [0.25, 0.3) is 0 Å². The van der Waals surface area contributed by atoms with E-state index in [0.717, 1.165) is 11.1 Å². The Morgan fingerprint density at radius 1 is 0.794 bits per heavy atom. The van der Waals surface area contributed by atoms with Gasteiger partial charge in [0.1, 0.15) is 11.8 Å². The van der Waals surface area contributed by atoms with Crippen molar-refractivity contribution in [2.45, 2.75) is 19.4 Å². The summed E-state index contributed by atoms with van der Waals surface area (Å²) in [6.07, 6.45) is 0.353. The van der Waals surface area contributed by atoms with E-state index >= 15 is 0 Å². The van der Waals surface area contributed by atoms with Crippen LogP contribution in [0, 0.1) is 6.92 Å². The fourth-order valence-electron chi connectivity index (χ4n) is 3.57. The molecule has 4 aromatic rings. The first-order valence-corrected chi connectivity index (χ1v) is 11.1. The van der Waals surface area contributed by atoms with Crippen molar-refractivity contribution in [2.24, 2.45) is 0 Å². The molecule has 170 valence electrons. The minimum Gasteiger partial charge on any atom is -0.455 e. The van der Waals surface area contributed by atoms with Gasteiger partial charge in [-0.25, -0.2) is 0 Å². The van der Waals surface area contributed by atoms with Crippen LogP contribution in [0.4, 0.5) is 5.69 Å². The summed E-state index contributed by atoms with van der Waals surface area (Å²) in [4.78, 5) is 26.2. The van der Waals surface area contributed by atoms with Gasteiger partial charge in [-0.1, -0.05) is 72.8 Å². The third-order valence-corrected chi connectivity index (χ3v) is 5.30. The van der Waals surface area contributed by atoms with Gasteiger partial charge in [-0.3, -0.25) is 9.59 Å². The minimum atomic E-state index is -0.776. The van der Waals surface area contributed by atoms with E-state index in [1.807, 2.05) is 79.7 Å². The lowest BCUT2D eigenvalue weighted by molar-refractivity contribution is -0.118. The molecule has 5 heteroatoms. The monoisotopic (exact) mass is 450 g/mol. The number of hydrogen-bond donors (Lipinski definition) is 2. The number of nitrogens with one attached hydrogen (secondary N) is 2. The van der Waals surface area contributed by atoms with Gasteiger partial charge in [0.05, 0.1) is 5.69 Å². The molecule has 0 spiro atoms. The van der Waals surface area contributed by atoms with Gasteiger partial charge >= 0.3 is 0 Å². The maximum atomic E-state index is 13.4. The van der Waals surface area contributed by atoms with Crippen LogP contribution in [0.3, 0.4) is 0 Å². The average molecular weight is 451 g/mol. The van der Waals surface area contributed by atoms with Crippen LogP contribution < -0.4 is 15.4 Å². The molecule has 1 unspecified atom stereocenters. The summed E-state index contributed by atoms with van der Waals surface area (Å²) in [6, 6.07) is 32.6. The number of carbonyl (C=O) groups excluding carboxylic acids is 2. The minimum absolute atomic E-state index is 0.305. The van der Waals surface area contributed by atoms with Crippen LogP contribution >= 0.6 is 0 Å². The first-order valence-electron chi connectivity index (χ1n) is 11.1. The van der Waals surface area contributed by atoms with Crippen LogP contribution in [-0.2, 0) is 11.2 Å². The number of anilines is 1. The zero-order chi connectivity index (χ0) is 23.8. The highest BCUT2D eigenvalue weighted by Gasteiger charge is 2.23. The SMILES string of the molecule is Cc1cccc(Oc2ccccc2NC(=O)C(Cc2ccccc2)NC(=O)c2ccccc2)c1. The number of ether oxygens (including phenoxy) is 1. The third kappa shape index (κ3) is 6.11. The Morgan fingerprint density at radius 3 is 2.21 bits per heavy atom. The second-order valence-corrected chi connectivity index (χ2v) is 7.99. The Hall–Kier alpha value is -4.38. The molecular formula is C29H26N2O3. The fourth-order valence-corrected chi connectivity index (χ4v) is 3.57. The summed E-state index contributed by atoms with van der Waals surface area (Å²) in [5.41, 5.74) is 3.04. The summed E-state index contributed by atoms with van der Waals surface area (Å²) < 4.78 is 6.04. The highest BCUT2D eigenvalue weighted by molar-refractivity contribution is 6.01. The molecule has 4 rings (SSSR count). The van der Waals surface area contributed by atoms with E-state index < -0.39 is 6.04 Å². The van der Waals surface area contributed by atoms with Crippen LogP contribution in [0.2, 0.25) is 0 Å². The first kappa shape index (κ1) is 22.8. The summed E-state index contributed by atoms with van der Waals surface area (Å²) in [5, 5.41) is 5.83. The Kier molecular flexibility index (Phi) is 7.35. The molecule has 0 saturated heterocycles.